The molecule has 3 heteroatoms. The van der Waals surface area contributed by atoms with E-state index in [1.807, 2.05) is 13.0 Å². The van der Waals surface area contributed by atoms with Gasteiger partial charge in [-0.3, -0.25) is 4.79 Å². The number of carbonyl (C=O) groups is 2. The molecule has 0 rings (SSSR count). The third-order valence-electron chi connectivity index (χ3n) is 1.84. The lowest BCUT2D eigenvalue weighted by Crippen LogP contribution is -2.05. The summed E-state index contributed by atoms with van der Waals surface area (Å²) in [5.41, 5.74) is 2.46. The van der Waals surface area contributed by atoms with Crippen LogP contribution in [-0.2, 0) is 14.3 Å². The molecule has 0 heterocycles. The zero-order chi connectivity index (χ0) is 11.7. The van der Waals surface area contributed by atoms with Crippen LogP contribution < -0.4 is 0 Å². The molecule has 0 unspecified atom stereocenters. The smallest absolute Gasteiger partial charge is 0.371 e. The highest BCUT2D eigenvalue weighted by atomic mass is 16.5. The monoisotopic (exact) mass is 210 g/mol. The van der Waals surface area contributed by atoms with Crippen molar-refractivity contribution in [3.63, 3.8) is 0 Å². The molecule has 0 aromatic carbocycles. The van der Waals surface area contributed by atoms with Crippen molar-refractivity contribution in [3.8, 4) is 0 Å². The number of ether oxygens (including phenoxy) is 1. The minimum absolute atomic E-state index is 0.173. The van der Waals surface area contributed by atoms with Crippen molar-refractivity contribution >= 4 is 12.3 Å². The molecule has 0 amide bonds. The summed E-state index contributed by atoms with van der Waals surface area (Å²) in [6.45, 7) is 6.28. The molecule has 0 aliphatic heterocycles. The first-order valence-electron chi connectivity index (χ1n) is 4.97. The Hall–Kier alpha value is -1.38. The molecule has 0 aromatic heterocycles. The van der Waals surface area contributed by atoms with Gasteiger partial charge < -0.3 is 4.74 Å². The Labute approximate surface area is 90.8 Å². The fourth-order valence-corrected chi connectivity index (χ4v) is 0.991. The quantitative estimate of drug-likeness (QED) is 0.292. The number of rotatable bonds is 6. The van der Waals surface area contributed by atoms with E-state index >= 15 is 0 Å². The summed E-state index contributed by atoms with van der Waals surface area (Å²) >= 11 is 0. The highest BCUT2D eigenvalue weighted by Gasteiger charge is 1.96. The Morgan fingerprint density at radius 3 is 2.40 bits per heavy atom. The van der Waals surface area contributed by atoms with E-state index in [2.05, 4.69) is 24.7 Å². The molecule has 0 N–H and O–H groups in total. The van der Waals surface area contributed by atoms with Gasteiger partial charge in [0.2, 0.25) is 6.29 Å². The van der Waals surface area contributed by atoms with Crippen LogP contribution >= 0.6 is 0 Å². The predicted molar refractivity (Wildman–Crippen MR) is 59.4 cm³/mol. The average molecular weight is 210 g/mol. The maximum absolute atomic E-state index is 10.5. The molecule has 0 radical (unpaired) electrons. The van der Waals surface area contributed by atoms with E-state index < -0.39 is 5.97 Å². The predicted octanol–water partition coefficient (Wildman–Crippen LogP) is 2.42. The van der Waals surface area contributed by atoms with Crippen molar-refractivity contribution in [2.75, 3.05) is 6.61 Å². The first-order chi connectivity index (χ1) is 7.06. The number of esters is 1. The van der Waals surface area contributed by atoms with E-state index in [0.29, 0.717) is 0 Å². The van der Waals surface area contributed by atoms with Crippen LogP contribution in [0.5, 0.6) is 0 Å². The molecule has 3 nitrogen and oxygen atoms in total. The molecule has 84 valence electrons. The van der Waals surface area contributed by atoms with Crippen molar-refractivity contribution in [1.82, 2.24) is 0 Å². The minimum atomic E-state index is -0.816. The van der Waals surface area contributed by atoms with Crippen LogP contribution in [0.25, 0.3) is 0 Å². The zero-order valence-electron chi connectivity index (χ0n) is 9.58. The molecule has 0 bridgehead atoms. The summed E-state index contributed by atoms with van der Waals surface area (Å²) in [6, 6.07) is 0. The van der Waals surface area contributed by atoms with E-state index in [0.717, 1.165) is 18.4 Å². The van der Waals surface area contributed by atoms with Crippen molar-refractivity contribution < 1.29 is 14.3 Å². The maximum atomic E-state index is 10.5. The van der Waals surface area contributed by atoms with Gasteiger partial charge in [0.15, 0.2) is 0 Å². The molecule has 0 spiro atoms. The number of carbonyl (C=O) groups excluding carboxylic acids is 2. The Balaban J connectivity index is 3.74. The topological polar surface area (TPSA) is 43.4 Å². The van der Waals surface area contributed by atoms with Gasteiger partial charge in [0.25, 0.3) is 0 Å². The van der Waals surface area contributed by atoms with Gasteiger partial charge in [0, 0.05) is 0 Å². The van der Waals surface area contributed by atoms with E-state index in [-0.39, 0.29) is 12.9 Å². The van der Waals surface area contributed by atoms with Crippen molar-refractivity contribution in [1.29, 1.82) is 0 Å². The van der Waals surface area contributed by atoms with E-state index in [1.165, 1.54) is 5.57 Å². The highest BCUT2D eigenvalue weighted by Crippen LogP contribution is 2.06. The van der Waals surface area contributed by atoms with Gasteiger partial charge in [0.05, 0.1) is 0 Å². The molecule has 0 saturated carbocycles. The third-order valence-corrected chi connectivity index (χ3v) is 1.84. The van der Waals surface area contributed by atoms with Gasteiger partial charge in [-0.1, -0.05) is 17.2 Å². The van der Waals surface area contributed by atoms with Gasteiger partial charge in [-0.2, -0.15) is 0 Å². The normalized spacial score (nSPS) is 10.7. The first-order valence-corrected chi connectivity index (χ1v) is 4.97. The molecular weight excluding hydrogens is 192 g/mol. The van der Waals surface area contributed by atoms with Crippen molar-refractivity contribution in [3.05, 3.63) is 23.3 Å². The maximum Gasteiger partial charge on any atom is 0.371 e. The second-order valence-electron chi connectivity index (χ2n) is 3.62. The Kier molecular flexibility index (Phi) is 7.24. The molecule has 0 aliphatic carbocycles. The molecule has 0 fully saturated rings. The highest BCUT2D eigenvalue weighted by molar-refractivity contribution is 6.20. The molecule has 0 atom stereocenters. The van der Waals surface area contributed by atoms with Crippen LogP contribution in [-0.4, -0.2) is 18.9 Å². The van der Waals surface area contributed by atoms with E-state index in [4.69, 9.17) is 0 Å². The first kappa shape index (κ1) is 13.6. The Bertz CT molecular complexity index is 271. The van der Waals surface area contributed by atoms with Crippen LogP contribution in [0, 0.1) is 0 Å². The standard InChI is InChI=1S/C12H18O3/c1-10(2)5-4-6-11(3)7-8-15-12(14)9-13/h5,7,9H,4,6,8H2,1-3H3. The summed E-state index contributed by atoms with van der Waals surface area (Å²) in [6.07, 6.45) is 6.09. The molecule has 0 saturated heterocycles. The van der Waals surface area contributed by atoms with Gasteiger partial charge in [-0.25, -0.2) is 4.79 Å². The minimum Gasteiger partial charge on any atom is -0.456 e. The Morgan fingerprint density at radius 1 is 1.20 bits per heavy atom. The van der Waals surface area contributed by atoms with Gasteiger partial charge in [0.1, 0.15) is 6.61 Å². The molecule has 0 aromatic rings. The lowest BCUT2D eigenvalue weighted by atomic mass is 10.1. The van der Waals surface area contributed by atoms with Gasteiger partial charge >= 0.3 is 5.97 Å². The second-order valence-corrected chi connectivity index (χ2v) is 3.62. The van der Waals surface area contributed by atoms with Crippen LogP contribution in [0.3, 0.4) is 0 Å². The number of aldehydes is 1. The Morgan fingerprint density at radius 2 is 1.87 bits per heavy atom. The molecule has 0 aliphatic rings. The van der Waals surface area contributed by atoms with Crippen molar-refractivity contribution in [2.45, 2.75) is 33.6 Å². The zero-order valence-corrected chi connectivity index (χ0v) is 9.58. The summed E-state index contributed by atoms with van der Waals surface area (Å²) < 4.78 is 4.59. The second kappa shape index (κ2) is 7.97. The number of hydrogen-bond acceptors (Lipinski definition) is 3. The van der Waals surface area contributed by atoms with Crippen LogP contribution in [0.15, 0.2) is 23.3 Å². The molecular formula is C12H18O3. The third kappa shape index (κ3) is 8.94. The number of allylic oxidation sites excluding steroid dienone is 3. The summed E-state index contributed by atoms with van der Waals surface area (Å²) in [7, 11) is 0. The summed E-state index contributed by atoms with van der Waals surface area (Å²) in [4.78, 5) is 20.4. The van der Waals surface area contributed by atoms with Crippen LogP contribution in [0.1, 0.15) is 33.6 Å². The molecule has 15 heavy (non-hydrogen) atoms. The largest absolute Gasteiger partial charge is 0.456 e. The lowest BCUT2D eigenvalue weighted by Gasteiger charge is -1.99. The summed E-state index contributed by atoms with van der Waals surface area (Å²) in [5.74, 6) is -0.816. The SMILES string of the molecule is CC(C)=CCCC(C)=CCOC(=O)C=O. The fourth-order valence-electron chi connectivity index (χ4n) is 0.991. The number of hydrogen-bond donors (Lipinski definition) is 0. The van der Waals surface area contributed by atoms with E-state index in [1.54, 1.807) is 0 Å². The fraction of sp³-hybridized carbons (Fsp3) is 0.500. The van der Waals surface area contributed by atoms with Crippen molar-refractivity contribution in [2.24, 2.45) is 0 Å². The van der Waals surface area contributed by atoms with E-state index in [9.17, 15) is 9.59 Å². The van der Waals surface area contributed by atoms with Crippen LogP contribution in [0.4, 0.5) is 0 Å². The summed E-state index contributed by atoms with van der Waals surface area (Å²) in [5, 5.41) is 0. The lowest BCUT2D eigenvalue weighted by molar-refractivity contribution is -0.147. The average Bonchev–Trinajstić information content (AvgIpc) is 2.17. The van der Waals surface area contributed by atoms with Crippen LogP contribution in [0.2, 0.25) is 0 Å². The van der Waals surface area contributed by atoms with Gasteiger partial charge in [-0.05, 0) is 39.7 Å². The van der Waals surface area contributed by atoms with Gasteiger partial charge in [-0.15, -0.1) is 0 Å².